The summed E-state index contributed by atoms with van der Waals surface area (Å²) in [7, 11) is 2.04. The molecular formula is C13H21N. The van der Waals surface area contributed by atoms with Gasteiger partial charge < -0.3 is 5.32 Å². The summed E-state index contributed by atoms with van der Waals surface area (Å²) in [6.45, 7) is 6.86. The van der Waals surface area contributed by atoms with Crippen molar-refractivity contribution in [3.05, 3.63) is 35.9 Å². The summed E-state index contributed by atoms with van der Waals surface area (Å²) in [5.41, 5.74) is 1.39. The minimum absolute atomic E-state index is 0.469. The van der Waals surface area contributed by atoms with Crippen LogP contribution in [0.5, 0.6) is 0 Å². The molecule has 0 aromatic heterocycles. The second kappa shape index (κ2) is 5.16. The second-order valence-corrected chi connectivity index (χ2v) is 4.28. The average molecular weight is 191 g/mol. The van der Waals surface area contributed by atoms with Crippen LogP contribution >= 0.6 is 0 Å². The Bertz CT molecular complexity index is 253. The highest BCUT2D eigenvalue weighted by atomic mass is 14.9. The Kier molecular flexibility index (Phi) is 4.15. The van der Waals surface area contributed by atoms with Gasteiger partial charge in [0, 0.05) is 6.04 Å². The van der Waals surface area contributed by atoms with Crippen molar-refractivity contribution in [1.29, 1.82) is 0 Å². The van der Waals surface area contributed by atoms with E-state index >= 15 is 0 Å². The van der Waals surface area contributed by atoms with E-state index in [1.807, 2.05) is 7.05 Å². The Morgan fingerprint density at radius 1 is 1.00 bits per heavy atom. The van der Waals surface area contributed by atoms with Gasteiger partial charge in [-0.3, -0.25) is 0 Å². The van der Waals surface area contributed by atoms with E-state index in [1.165, 1.54) is 5.56 Å². The zero-order valence-electron chi connectivity index (χ0n) is 9.62. The molecule has 1 nitrogen and oxygen atoms in total. The predicted molar refractivity (Wildman–Crippen MR) is 62.2 cm³/mol. The maximum Gasteiger partial charge on any atom is 0.0345 e. The Balaban J connectivity index is 2.82. The molecule has 1 heteroatoms. The molecule has 0 aliphatic carbocycles. The van der Waals surface area contributed by atoms with Gasteiger partial charge in [-0.2, -0.15) is 0 Å². The molecule has 2 atom stereocenters. The molecule has 0 fully saturated rings. The van der Waals surface area contributed by atoms with Crippen LogP contribution in [-0.2, 0) is 0 Å². The van der Waals surface area contributed by atoms with Gasteiger partial charge >= 0.3 is 0 Å². The van der Waals surface area contributed by atoms with Crippen molar-refractivity contribution >= 4 is 0 Å². The lowest BCUT2D eigenvalue weighted by atomic mass is 9.86. The lowest BCUT2D eigenvalue weighted by molar-refractivity contribution is 0.317. The fourth-order valence-corrected chi connectivity index (χ4v) is 1.78. The molecule has 0 heterocycles. The molecule has 0 saturated carbocycles. The molecule has 0 spiro atoms. The lowest BCUT2D eigenvalue weighted by Crippen LogP contribution is -2.26. The predicted octanol–water partition coefficient (Wildman–Crippen LogP) is 3.24. The van der Waals surface area contributed by atoms with Crippen LogP contribution in [0.4, 0.5) is 0 Å². The zero-order chi connectivity index (χ0) is 10.6. The summed E-state index contributed by atoms with van der Waals surface area (Å²) >= 11 is 0. The molecule has 1 aromatic carbocycles. The van der Waals surface area contributed by atoms with Crippen LogP contribution < -0.4 is 5.32 Å². The first kappa shape index (κ1) is 11.3. The molecule has 0 aliphatic heterocycles. The summed E-state index contributed by atoms with van der Waals surface area (Å²) in [5.74, 6) is 1.36. The normalized spacial score (nSPS) is 15.5. The first-order valence-corrected chi connectivity index (χ1v) is 5.39. The van der Waals surface area contributed by atoms with E-state index in [9.17, 15) is 0 Å². The molecule has 0 amide bonds. The maximum absolute atomic E-state index is 3.40. The van der Waals surface area contributed by atoms with E-state index in [0.29, 0.717) is 17.9 Å². The molecule has 0 bridgehead atoms. The standard InChI is InChI=1S/C13H21N/c1-10(2)11(3)13(14-4)12-8-6-5-7-9-12/h5-11,13-14H,1-4H3. The smallest absolute Gasteiger partial charge is 0.0345 e. The first-order chi connectivity index (χ1) is 6.66. The number of benzene rings is 1. The van der Waals surface area contributed by atoms with Crippen LogP contribution in [0.25, 0.3) is 0 Å². The van der Waals surface area contributed by atoms with Crippen molar-refractivity contribution in [3.8, 4) is 0 Å². The molecule has 1 rings (SSSR count). The third-order valence-electron chi connectivity index (χ3n) is 3.05. The van der Waals surface area contributed by atoms with Gasteiger partial charge in [-0.1, -0.05) is 51.1 Å². The summed E-state index contributed by atoms with van der Waals surface area (Å²) in [6.07, 6.45) is 0. The Morgan fingerprint density at radius 3 is 2.00 bits per heavy atom. The SMILES string of the molecule is CNC(c1ccccc1)C(C)C(C)C. The molecule has 1 N–H and O–H groups in total. The van der Waals surface area contributed by atoms with E-state index in [4.69, 9.17) is 0 Å². The van der Waals surface area contributed by atoms with Crippen LogP contribution in [0.2, 0.25) is 0 Å². The minimum atomic E-state index is 0.469. The number of nitrogens with one attached hydrogen (secondary N) is 1. The molecule has 0 saturated heterocycles. The lowest BCUT2D eigenvalue weighted by Gasteiger charge is -2.27. The Hall–Kier alpha value is -0.820. The highest BCUT2D eigenvalue weighted by molar-refractivity contribution is 5.19. The topological polar surface area (TPSA) is 12.0 Å². The van der Waals surface area contributed by atoms with Gasteiger partial charge in [0.1, 0.15) is 0 Å². The fraction of sp³-hybridized carbons (Fsp3) is 0.538. The van der Waals surface area contributed by atoms with E-state index in [-0.39, 0.29) is 0 Å². The van der Waals surface area contributed by atoms with Gasteiger partial charge in [0.25, 0.3) is 0 Å². The van der Waals surface area contributed by atoms with Gasteiger partial charge in [-0.15, -0.1) is 0 Å². The average Bonchev–Trinajstić information content (AvgIpc) is 2.20. The molecule has 2 unspecified atom stereocenters. The van der Waals surface area contributed by atoms with Crippen LogP contribution in [0, 0.1) is 11.8 Å². The van der Waals surface area contributed by atoms with E-state index in [0.717, 1.165) is 0 Å². The van der Waals surface area contributed by atoms with Gasteiger partial charge in [-0.05, 0) is 24.4 Å². The summed E-state index contributed by atoms with van der Waals surface area (Å²) < 4.78 is 0. The highest BCUT2D eigenvalue weighted by Gasteiger charge is 2.19. The van der Waals surface area contributed by atoms with Crippen LogP contribution in [-0.4, -0.2) is 7.05 Å². The summed E-state index contributed by atoms with van der Waals surface area (Å²) in [5, 5.41) is 3.40. The molecular weight excluding hydrogens is 170 g/mol. The number of rotatable bonds is 4. The van der Waals surface area contributed by atoms with Crippen molar-refractivity contribution in [2.24, 2.45) is 11.8 Å². The monoisotopic (exact) mass is 191 g/mol. The Labute approximate surface area is 87.5 Å². The van der Waals surface area contributed by atoms with Crippen molar-refractivity contribution < 1.29 is 0 Å². The molecule has 14 heavy (non-hydrogen) atoms. The molecule has 1 aromatic rings. The van der Waals surface area contributed by atoms with Crippen molar-refractivity contribution in [1.82, 2.24) is 5.32 Å². The van der Waals surface area contributed by atoms with Crippen LogP contribution in [0.15, 0.2) is 30.3 Å². The van der Waals surface area contributed by atoms with Crippen molar-refractivity contribution in [3.63, 3.8) is 0 Å². The molecule has 0 aliphatic rings. The van der Waals surface area contributed by atoms with E-state index in [1.54, 1.807) is 0 Å². The van der Waals surface area contributed by atoms with Gasteiger partial charge in [0.15, 0.2) is 0 Å². The largest absolute Gasteiger partial charge is 0.313 e. The quantitative estimate of drug-likeness (QED) is 0.770. The van der Waals surface area contributed by atoms with Gasteiger partial charge in [-0.25, -0.2) is 0 Å². The third-order valence-corrected chi connectivity index (χ3v) is 3.05. The second-order valence-electron chi connectivity index (χ2n) is 4.28. The Morgan fingerprint density at radius 2 is 1.57 bits per heavy atom. The zero-order valence-corrected chi connectivity index (χ0v) is 9.62. The van der Waals surface area contributed by atoms with Gasteiger partial charge in [0.05, 0.1) is 0 Å². The van der Waals surface area contributed by atoms with Gasteiger partial charge in [0.2, 0.25) is 0 Å². The minimum Gasteiger partial charge on any atom is -0.313 e. The maximum atomic E-state index is 3.40. The third kappa shape index (κ3) is 2.58. The number of hydrogen-bond acceptors (Lipinski definition) is 1. The van der Waals surface area contributed by atoms with Crippen molar-refractivity contribution in [2.45, 2.75) is 26.8 Å². The first-order valence-electron chi connectivity index (χ1n) is 5.39. The van der Waals surface area contributed by atoms with Crippen LogP contribution in [0.1, 0.15) is 32.4 Å². The fourth-order valence-electron chi connectivity index (χ4n) is 1.78. The number of hydrogen-bond donors (Lipinski definition) is 1. The summed E-state index contributed by atoms with van der Waals surface area (Å²) in [6, 6.07) is 11.1. The summed E-state index contributed by atoms with van der Waals surface area (Å²) in [4.78, 5) is 0. The van der Waals surface area contributed by atoms with Crippen molar-refractivity contribution in [2.75, 3.05) is 7.05 Å². The van der Waals surface area contributed by atoms with E-state index < -0.39 is 0 Å². The van der Waals surface area contributed by atoms with Crippen LogP contribution in [0.3, 0.4) is 0 Å². The van der Waals surface area contributed by atoms with E-state index in [2.05, 4.69) is 56.4 Å². The highest BCUT2D eigenvalue weighted by Crippen LogP contribution is 2.26. The molecule has 0 radical (unpaired) electrons. The molecule has 78 valence electrons.